The summed E-state index contributed by atoms with van der Waals surface area (Å²) >= 11 is 5.84. The Kier molecular flexibility index (Phi) is 3.05. The van der Waals surface area contributed by atoms with E-state index in [4.69, 9.17) is 11.6 Å². The quantitative estimate of drug-likeness (QED) is 0.807. The van der Waals surface area contributed by atoms with Crippen LogP contribution in [0.3, 0.4) is 0 Å². The second-order valence-corrected chi connectivity index (χ2v) is 3.89. The summed E-state index contributed by atoms with van der Waals surface area (Å²) in [5, 5.41) is 5.52. The number of hydrogen-bond donors (Lipinski definition) is 2. The molecule has 2 N–H and O–H groups in total. The van der Waals surface area contributed by atoms with Gasteiger partial charge in [-0.25, -0.2) is 4.98 Å². The first kappa shape index (κ1) is 10.9. The van der Waals surface area contributed by atoms with Crippen molar-refractivity contribution in [3.05, 3.63) is 23.4 Å². The lowest BCUT2D eigenvalue weighted by molar-refractivity contribution is -0.122. The van der Waals surface area contributed by atoms with Crippen molar-refractivity contribution in [3.8, 4) is 0 Å². The van der Waals surface area contributed by atoms with Gasteiger partial charge in [-0.05, 0) is 18.6 Å². The van der Waals surface area contributed by atoms with Crippen LogP contribution in [0.1, 0.15) is 12.8 Å². The second-order valence-electron chi connectivity index (χ2n) is 3.48. The number of amides is 2. The lowest BCUT2D eigenvalue weighted by Gasteiger charge is -2.10. The van der Waals surface area contributed by atoms with Crippen molar-refractivity contribution in [2.75, 3.05) is 5.32 Å². The van der Waals surface area contributed by atoms with Gasteiger partial charge in [0.05, 0.1) is 5.02 Å². The molecule has 0 radical (unpaired) electrons. The van der Waals surface area contributed by atoms with Gasteiger partial charge in [0.25, 0.3) is 0 Å². The van der Waals surface area contributed by atoms with E-state index in [2.05, 4.69) is 15.6 Å². The Bertz CT molecular complexity index is 436. The molecule has 1 fully saturated rings. The molecule has 1 saturated heterocycles. The van der Waals surface area contributed by atoms with Gasteiger partial charge in [-0.2, -0.15) is 0 Å². The SMILES string of the molecule is O=C1CC[C@H](C(=O)Nc2ncccc2Cl)N1. The summed E-state index contributed by atoms with van der Waals surface area (Å²) < 4.78 is 0. The highest BCUT2D eigenvalue weighted by molar-refractivity contribution is 6.33. The first-order valence-corrected chi connectivity index (χ1v) is 5.25. The summed E-state index contributed by atoms with van der Waals surface area (Å²) in [5.41, 5.74) is 0. The predicted octanol–water partition coefficient (Wildman–Crippen LogP) is 0.952. The molecule has 0 bridgehead atoms. The Morgan fingerprint density at radius 3 is 3.06 bits per heavy atom. The van der Waals surface area contributed by atoms with Gasteiger partial charge in [0.1, 0.15) is 6.04 Å². The molecule has 16 heavy (non-hydrogen) atoms. The van der Waals surface area contributed by atoms with Gasteiger partial charge in [-0.15, -0.1) is 0 Å². The zero-order valence-electron chi connectivity index (χ0n) is 8.37. The van der Waals surface area contributed by atoms with Gasteiger partial charge < -0.3 is 10.6 Å². The first-order chi connectivity index (χ1) is 7.66. The lowest BCUT2D eigenvalue weighted by Crippen LogP contribution is -2.37. The van der Waals surface area contributed by atoms with E-state index < -0.39 is 6.04 Å². The monoisotopic (exact) mass is 239 g/mol. The second kappa shape index (κ2) is 4.49. The third-order valence-electron chi connectivity index (χ3n) is 2.31. The molecule has 1 atom stereocenters. The van der Waals surface area contributed by atoms with E-state index in [9.17, 15) is 9.59 Å². The van der Waals surface area contributed by atoms with Crippen LogP contribution in [0.4, 0.5) is 5.82 Å². The van der Waals surface area contributed by atoms with Crippen LogP contribution in [-0.4, -0.2) is 22.8 Å². The van der Waals surface area contributed by atoms with Gasteiger partial charge in [0, 0.05) is 12.6 Å². The maximum absolute atomic E-state index is 11.7. The molecule has 2 rings (SSSR count). The Labute approximate surface area is 97.2 Å². The summed E-state index contributed by atoms with van der Waals surface area (Å²) in [6, 6.07) is 2.83. The third-order valence-corrected chi connectivity index (χ3v) is 2.62. The fourth-order valence-corrected chi connectivity index (χ4v) is 1.66. The number of nitrogens with zero attached hydrogens (tertiary/aromatic N) is 1. The van der Waals surface area contributed by atoms with E-state index in [1.165, 1.54) is 6.20 Å². The van der Waals surface area contributed by atoms with Crippen LogP contribution in [0.15, 0.2) is 18.3 Å². The van der Waals surface area contributed by atoms with Gasteiger partial charge in [0.15, 0.2) is 5.82 Å². The van der Waals surface area contributed by atoms with E-state index in [0.717, 1.165) is 0 Å². The molecule has 0 unspecified atom stereocenters. The number of hydrogen-bond acceptors (Lipinski definition) is 3. The Balaban J connectivity index is 2.03. The Morgan fingerprint density at radius 1 is 1.62 bits per heavy atom. The van der Waals surface area contributed by atoms with E-state index >= 15 is 0 Å². The number of carbonyl (C=O) groups is 2. The summed E-state index contributed by atoms with van der Waals surface area (Å²) in [4.78, 5) is 26.6. The molecule has 1 aromatic heterocycles. The van der Waals surface area contributed by atoms with Gasteiger partial charge in [-0.3, -0.25) is 9.59 Å². The number of rotatable bonds is 2. The van der Waals surface area contributed by atoms with Crippen molar-refractivity contribution in [3.63, 3.8) is 0 Å². The molecule has 84 valence electrons. The van der Waals surface area contributed by atoms with E-state index in [0.29, 0.717) is 23.7 Å². The Morgan fingerprint density at radius 2 is 2.44 bits per heavy atom. The maximum atomic E-state index is 11.7. The normalized spacial score (nSPS) is 19.3. The molecule has 0 aliphatic carbocycles. The average Bonchev–Trinajstić information content (AvgIpc) is 2.68. The number of halogens is 1. The summed E-state index contributed by atoms with van der Waals surface area (Å²) in [7, 11) is 0. The molecule has 6 heteroatoms. The molecule has 0 saturated carbocycles. The number of pyridine rings is 1. The number of carbonyl (C=O) groups excluding carboxylic acids is 2. The van der Waals surface area contributed by atoms with Crippen molar-refractivity contribution in [1.82, 2.24) is 10.3 Å². The highest BCUT2D eigenvalue weighted by Crippen LogP contribution is 2.18. The minimum atomic E-state index is -0.481. The fraction of sp³-hybridized carbons (Fsp3) is 0.300. The van der Waals surface area contributed by atoms with Crippen molar-refractivity contribution < 1.29 is 9.59 Å². The van der Waals surface area contributed by atoms with Crippen molar-refractivity contribution >= 4 is 29.2 Å². The van der Waals surface area contributed by atoms with Crippen molar-refractivity contribution in [2.45, 2.75) is 18.9 Å². The Hall–Kier alpha value is -1.62. The van der Waals surface area contributed by atoms with E-state index in [-0.39, 0.29) is 11.8 Å². The molecule has 0 aromatic carbocycles. The lowest BCUT2D eigenvalue weighted by atomic mass is 10.2. The smallest absolute Gasteiger partial charge is 0.248 e. The van der Waals surface area contributed by atoms with Crippen LogP contribution >= 0.6 is 11.6 Å². The summed E-state index contributed by atoms with van der Waals surface area (Å²) in [6.45, 7) is 0. The highest BCUT2D eigenvalue weighted by Gasteiger charge is 2.27. The van der Waals surface area contributed by atoms with Crippen LogP contribution in [0.25, 0.3) is 0 Å². The molecule has 0 spiro atoms. The number of aromatic nitrogens is 1. The molecular formula is C10H10ClN3O2. The van der Waals surface area contributed by atoms with E-state index in [1.807, 2.05) is 0 Å². The van der Waals surface area contributed by atoms with Crippen LogP contribution in [0.5, 0.6) is 0 Å². The summed E-state index contributed by atoms with van der Waals surface area (Å²) in [6.07, 6.45) is 2.43. The fourth-order valence-electron chi connectivity index (χ4n) is 1.49. The predicted molar refractivity (Wildman–Crippen MR) is 59.0 cm³/mol. The van der Waals surface area contributed by atoms with Crippen LogP contribution in [-0.2, 0) is 9.59 Å². The first-order valence-electron chi connectivity index (χ1n) is 4.87. The zero-order valence-corrected chi connectivity index (χ0v) is 9.12. The van der Waals surface area contributed by atoms with Gasteiger partial charge in [-0.1, -0.05) is 11.6 Å². The molecule has 2 amide bonds. The van der Waals surface area contributed by atoms with Crippen LogP contribution in [0, 0.1) is 0 Å². The van der Waals surface area contributed by atoms with Crippen molar-refractivity contribution in [1.29, 1.82) is 0 Å². The van der Waals surface area contributed by atoms with Gasteiger partial charge in [0.2, 0.25) is 11.8 Å². The molecule has 1 aliphatic rings. The van der Waals surface area contributed by atoms with Crippen LogP contribution < -0.4 is 10.6 Å². The van der Waals surface area contributed by atoms with E-state index in [1.54, 1.807) is 12.1 Å². The van der Waals surface area contributed by atoms with Crippen LogP contribution in [0.2, 0.25) is 5.02 Å². The maximum Gasteiger partial charge on any atom is 0.248 e. The van der Waals surface area contributed by atoms with Crippen molar-refractivity contribution in [2.24, 2.45) is 0 Å². The summed E-state index contributed by atoms with van der Waals surface area (Å²) in [5.74, 6) is -0.0750. The molecule has 5 nitrogen and oxygen atoms in total. The number of nitrogens with one attached hydrogen (secondary N) is 2. The van der Waals surface area contributed by atoms with Gasteiger partial charge >= 0.3 is 0 Å². The largest absolute Gasteiger partial charge is 0.344 e. The minimum Gasteiger partial charge on any atom is -0.344 e. The standard InChI is InChI=1S/C10H10ClN3O2/c11-6-2-1-5-12-9(6)14-10(16)7-3-4-8(15)13-7/h1-2,5,7H,3-4H2,(H,13,15)(H,12,14,16)/t7-/m1/s1. The average molecular weight is 240 g/mol. The topological polar surface area (TPSA) is 71.1 Å². The number of anilines is 1. The zero-order chi connectivity index (χ0) is 11.5. The molecule has 1 aromatic rings. The molecule has 1 aliphatic heterocycles. The molecule has 2 heterocycles. The molecular weight excluding hydrogens is 230 g/mol. The highest BCUT2D eigenvalue weighted by atomic mass is 35.5. The minimum absolute atomic E-state index is 0.104. The third kappa shape index (κ3) is 2.30.